The van der Waals surface area contributed by atoms with Gasteiger partial charge in [-0.3, -0.25) is 9.58 Å². The SMILES string of the molecule is O=S(=O)(NCCN1CCNCC1)c1cnn(CC(F)(F)F)c1. The molecule has 126 valence electrons. The Morgan fingerprint density at radius 3 is 2.64 bits per heavy atom. The van der Waals surface area contributed by atoms with Gasteiger partial charge in [0.1, 0.15) is 11.4 Å². The Labute approximate surface area is 126 Å². The average molecular weight is 341 g/mol. The Hall–Kier alpha value is -1.17. The fraction of sp³-hybridized carbons (Fsp3) is 0.727. The second-order valence-corrected chi connectivity index (χ2v) is 6.75. The first-order valence-electron chi connectivity index (χ1n) is 6.78. The normalized spacial score (nSPS) is 17.8. The molecule has 0 saturated carbocycles. The van der Waals surface area contributed by atoms with Gasteiger partial charge in [-0.25, -0.2) is 13.1 Å². The maximum absolute atomic E-state index is 12.2. The molecule has 1 aliphatic heterocycles. The number of hydrogen-bond acceptors (Lipinski definition) is 5. The van der Waals surface area contributed by atoms with E-state index < -0.39 is 22.7 Å². The fourth-order valence-corrected chi connectivity index (χ4v) is 3.08. The van der Waals surface area contributed by atoms with Crippen LogP contribution in [0.25, 0.3) is 0 Å². The minimum Gasteiger partial charge on any atom is -0.314 e. The Morgan fingerprint density at radius 2 is 2.00 bits per heavy atom. The quantitative estimate of drug-likeness (QED) is 0.738. The number of halogens is 3. The van der Waals surface area contributed by atoms with E-state index in [1.807, 2.05) is 0 Å². The number of nitrogens with zero attached hydrogens (tertiary/aromatic N) is 3. The van der Waals surface area contributed by atoms with Gasteiger partial charge < -0.3 is 5.32 Å². The van der Waals surface area contributed by atoms with E-state index in [1.54, 1.807) is 0 Å². The molecule has 2 rings (SSSR count). The molecule has 2 heterocycles. The smallest absolute Gasteiger partial charge is 0.314 e. The zero-order valence-corrected chi connectivity index (χ0v) is 12.6. The lowest BCUT2D eigenvalue weighted by molar-refractivity contribution is -0.142. The minimum atomic E-state index is -4.44. The van der Waals surface area contributed by atoms with Crippen LogP contribution >= 0.6 is 0 Å². The van der Waals surface area contributed by atoms with Gasteiger partial charge in [-0.15, -0.1) is 0 Å². The van der Waals surface area contributed by atoms with Crippen LogP contribution < -0.4 is 10.0 Å². The van der Waals surface area contributed by atoms with E-state index in [4.69, 9.17) is 0 Å². The molecule has 0 amide bonds. The third kappa shape index (κ3) is 5.23. The van der Waals surface area contributed by atoms with E-state index in [2.05, 4.69) is 20.0 Å². The molecule has 1 fully saturated rings. The fourth-order valence-electron chi connectivity index (χ4n) is 2.11. The van der Waals surface area contributed by atoms with Crippen molar-refractivity contribution in [3.8, 4) is 0 Å². The van der Waals surface area contributed by atoms with Crippen LogP contribution in [0, 0.1) is 0 Å². The van der Waals surface area contributed by atoms with Crippen LogP contribution in [0.1, 0.15) is 0 Å². The van der Waals surface area contributed by atoms with Crippen LogP contribution in [0.2, 0.25) is 0 Å². The number of alkyl halides is 3. The van der Waals surface area contributed by atoms with E-state index in [0.29, 0.717) is 11.2 Å². The number of piperazine rings is 1. The third-order valence-electron chi connectivity index (χ3n) is 3.19. The molecule has 1 saturated heterocycles. The Kier molecular flexibility index (Phi) is 5.42. The molecule has 0 bridgehead atoms. The van der Waals surface area contributed by atoms with Crippen molar-refractivity contribution < 1.29 is 21.6 Å². The molecule has 22 heavy (non-hydrogen) atoms. The van der Waals surface area contributed by atoms with Gasteiger partial charge in [0.15, 0.2) is 0 Å². The van der Waals surface area contributed by atoms with Crippen molar-refractivity contribution in [2.75, 3.05) is 39.3 Å². The first-order valence-corrected chi connectivity index (χ1v) is 8.26. The van der Waals surface area contributed by atoms with Crippen LogP contribution in [-0.2, 0) is 16.6 Å². The second kappa shape index (κ2) is 6.94. The highest BCUT2D eigenvalue weighted by molar-refractivity contribution is 7.89. The summed E-state index contributed by atoms with van der Waals surface area (Å²) in [6, 6.07) is 0. The number of nitrogens with one attached hydrogen (secondary N) is 2. The monoisotopic (exact) mass is 341 g/mol. The number of aromatic nitrogens is 2. The van der Waals surface area contributed by atoms with Crippen molar-refractivity contribution in [1.29, 1.82) is 0 Å². The summed E-state index contributed by atoms with van der Waals surface area (Å²) in [5, 5.41) is 6.61. The van der Waals surface area contributed by atoms with Crippen LogP contribution in [0.5, 0.6) is 0 Å². The summed E-state index contributed by atoms with van der Waals surface area (Å²) < 4.78 is 63.5. The van der Waals surface area contributed by atoms with Crippen LogP contribution in [-0.4, -0.2) is 68.5 Å². The summed E-state index contributed by atoms with van der Waals surface area (Å²) in [5.74, 6) is 0. The van der Waals surface area contributed by atoms with Gasteiger partial charge in [-0.2, -0.15) is 18.3 Å². The molecule has 0 unspecified atom stereocenters. The van der Waals surface area contributed by atoms with E-state index >= 15 is 0 Å². The Balaban J connectivity index is 1.87. The maximum Gasteiger partial charge on any atom is 0.408 e. The molecule has 1 aromatic rings. The van der Waals surface area contributed by atoms with Crippen molar-refractivity contribution in [1.82, 2.24) is 24.7 Å². The van der Waals surface area contributed by atoms with Crippen molar-refractivity contribution in [3.63, 3.8) is 0 Å². The van der Waals surface area contributed by atoms with Crippen LogP contribution in [0.3, 0.4) is 0 Å². The van der Waals surface area contributed by atoms with E-state index in [-0.39, 0.29) is 11.4 Å². The van der Waals surface area contributed by atoms with Gasteiger partial charge in [0, 0.05) is 45.5 Å². The third-order valence-corrected chi connectivity index (χ3v) is 4.61. The molecule has 0 aliphatic carbocycles. The topological polar surface area (TPSA) is 79.3 Å². The largest absolute Gasteiger partial charge is 0.408 e. The van der Waals surface area contributed by atoms with Crippen molar-refractivity contribution in [2.24, 2.45) is 0 Å². The van der Waals surface area contributed by atoms with Crippen molar-refractivity contribution in [2.45, 2.75) is 17.6 Å². The second-order valence-electron chi connectivity index (χ2n) is 4.98. The van der Waals surface area contributed by atoms with E-state index in [0.717, 1.165) is 38.6 Å². The van der Waals surface area contributed by atoms with Crippen molar-refractivity contribution >= 4 is 10.0 Å². The van der Waals surface area contributed by atoms with Gasteiger partial charge in [0.25, 0.3) is 0 Å². The highest BCUT2D eigenvalue weighted by Crippen LogP contribution is 2.18. The van der Waals surface area contributed by atoms with Gasteiger partial charge in [0.2, 0.25) is 10.0 Å². The molecule has 7 nitrogen and oxygen atoms in total. The molecule has 0 aromatic carbocycles. The number of rotatable bonds is 6. The zero-order valence-electron chi connectivity index (χ0n) is 11.8. The summed E-state index contributed by atoms with van der Waals surface area (Å²) in [4.78, 5) is 1.84. The molecular formula is C11H18F3N5O2S. The van der Waals surface area contributed by atoms with Crippen molar-refractivity contribution in [3.05, 3.63) is 12.4 Å². The van der Waals surface area contributed by atoms with Crippen LogP contribution in [0.4, 0.5) is 13.2 Å². The number of sulfonamides is 1. The van der Waals surface area contributed by atoms with Gasteiger partial charge >= 0.3 is 6.18 Å². The summed E-state index contributed by atoms with van der Waals surface area (Å²) in [6.07, 6.45) is -2.65. The highest BCUT2D eigenvalue weighted by Gasteiger charge is 2.29. The van der Waals surface area contributed by atoms with Crippen LogP contribution in [0.15, 0.2) is 17.3 Å². The molecule has 2 N–H and O–H groups in total. The zero-order chi connectivity index (χ0) is 16.2. The molecule has 1 aromatic heterocycles. The standard InChI is InChI=1S/C11H18F3N5O2S/c12-11(13,14)9-19-8-10(7-16-19)22(20,21)17-3-6-18-4-1-15-2-5-18/h7-8,15,17H,1-6,9H2. The Bertz CT molecular complexity index is 581. The summed E-state index contributed by atoms with van der Waals surface area (Å²) in [5.41, 5.74) is 0. The molecule has 0 radical (unpaired) electrons. The predicted molar refractivity (Wildman–Crippen MR) is 72.8 cm³/mol. The van der Waals surface area contributed by atoms with Gasteiger partial charge in [-0.05, 0) is 0 Å². The summed E-state index contributed by atoms with van der Waals surface area (Å²) in [6.45, 7) is 2.83. The first-order chi connectivity index (χ1) is 10.3. The molecule has 11 heteroatoms. The first kappa shape index (κ1) is 17.2. The minimum absolute atomic E-state index is 0.201. The average Bonchev–Trinajstić information content (AvgIpc) is 2.87. The van der Waals surface area contributed by atoms with E-state index in [9.17, 15) is 21.6 Å². The predicted octanol–water partition coefficient (Wildman–Crippen LogP) is -0.371. The lowest BCUT2D eigenvalue weighted by atomic mass is 10.3. The highest BCUT2D eigenvalue weighted by atomic mass is 32.2. The molecule has 0 spiro atoms. The van der Waals surface area contributed by atoms with Gasteiger partial charge in [-0.1, -0.05) is 0 Å². The summed E-state index contributed by atoms with van der Waals surface area (Å²) in [7, 11) is -3.84. The lowest BCUT2D eigenvalue weighted by Gasteiger charge is -2.26. The Morgan fingerprint density at radius 1 is 1.32 bits per heavy atom. The number of hydrogen-bond donors (Lipinski definition) is 2. The van der Waals surface area contributed by atoms with E-state index in [1.165, 1.54) is 0 Å². The molecule has 1 aliphatic rings. The summed E-state index contributed by atoms with van der Waals surface area (Å²) >= 11 is 0. The lowest BCUT2D eigenvalue weighted by Crippen LogP contribution is -2.46. The van der Waals surface area contributed by atoms with Gasteiger partial charge in [0.05, 0.1) is 6.20 Å². The molecule has 0 atom stereocenters. The molecular weight excluding hydrogens is 323 g/mol. The maximum atomic E-state index is 12.2.